The average Bonchev–Trinajstić information content (AvgIpc) is 2.94. The van der Waals surface area contributed by atoms with Crippen LogP contribution in [0.25, 0.3) is 0 Å². The summed E-state index contributed by atoms with van der Waals surface area (Å²) in [6.45, 7) is 2.26. The molecule has 140 valence electrons. The first-order valence-corrected chi connectivity index (χ1v) is 9.60. The summed E-state index contributed by atoms with van der Waals surface area (Å²) in [6.07, 6.45) is 4.81. The van der Waals surface area contributed by atoms with E-state index in [-0.39, 0.29) is 37.0 Å². The molecule has 0 bridgehead atoms. The Labute approximate surface area is 158 Å². The van der Waals surface area contributed by atoms with Crippen LogP contribution in [0, 0.1) is 0 Å². The molecule has 2 fully saturated rings. The number of nitrogens with zero attached hydrogens (tertiary/aromatic N) is 2. The molecule has 0 unspecified atom stereocenters. The van der Waals surface area contributed by atoms with Crippen LogP contribution < -0.4 is 10.2 Å². The van der Waals surface area contributed by atoms with E-state index in [0.717, 1.165) is 37.3 Å². The maximum atomic E-state index is 12.3. The minimum absolute atomic E-state index is 0.135. The molecular weight excluding hydrogens is 354 g/mol. The molecule has 6 nitrogen and oxygen atoms in total. The number of carbonyl (C=O) groups excluding carboxylic acids is 3. The monoisotopic (exact) mass is 377 g/mol. The molecule has 2 aliphatic heterocycles. The molecule has 1 aromatic rings. The SMILES string of the molecule is O=C(CCCN1C(=O)CCC1=O)Nc1cc(Cl)ccc1N1CCCCC1. The van der Waals surface area contributed by atoms with Gasteiger partial charge in [-0.1, -0.05) is 11.6 Å². The first-order chi connectivity index (χ1) is 12.5. The summed E-state index contributed by atoms with van der Waals surface area (Å²) < 4.78 is 0. The second-order valence-corrected chi connectivity index (χ2v) is 7.24. The first kappa shape index (κ1) is 18.7. The zero-order chi connectivity index (χ0) is 18.5. The zero-order valence-corrected chi connectivity index (χ0v) is 15.6. The molecule has 0 aliphatic carbocycles. The Morgan fingerprint density at radius 2 is 1.77 bits per heavy atom. The first-order valence-electron chi connectivity index (χ1n) is 9.22. The molecule has 1 N–H and O–H groups in total. The van der Waals surface area contributed by atoms with Crippen molar-refractivity contribution in [1.29, 1.82) is 0 Å². The minimum Gasteiger partial charge on any atom is -0.370 e. The second-order valence-electron chi connectivity index (χ2n) is 6.80. The van der Waals surface area contributed by atoms with Gasteiger partial charge in [0.1, 0.15) is 0 Å². The highest BCUT2D eigenvalue weighted by atomic mass is 35.5. The van der Waals surface area contributed by atoms with E-state index >= 15 is 0 Å². The van der Waals surface area contributed by atoms with Gasteiger partial charge in [-0.2, -0.15) is 0 Å². The normalized spacial score (nSPS) is 17.7. The van der Waals surface area contributed by atoms with Crippen molar-refractivity contribution in [2.75, 3.05) is 29.9 Å². The van der Waals surface area contributed by atoms with Crippen molar-refractivity contribution >= 4 is 40.7 Å². The molecule has 0 spiro atoms. The summed E-state index contributed by atoms with van der Waals surface area (Å²) in [5.41, 5.74) is 1.71. The predicted molar refractivity (Wildman–Crippen MR) is 101 cm³/mol. The van der Waals surface area contributed by atoms with Crippen LogP contribution in [-0.2, 0) is 14.4 Å². The van der Waals surface area contributed by atoms with Crippen LogP contribution in [0.2, 0.25) is 5.02 Å². The second kappa shape index (κ2) is 8.54. The van der Waals surface area contributed by atoms with E-state index in [1.54, 1.807) is 6.07 Å². The van der Waals surface area contributed by atoms with E-state index in [9.17, 15) is 14.4 Å². The molecule has 26 heavy (non-hydrogen) atoms. The maximum absolute atomic E-state index is 12.3. The van der Waals surface area contributed by atoms with E-state index < -0.39 is 0 Å². The number of anilines is 2. The number of likely N-dealkylation sites (tertiary alicyclic amines) is 1. The fraction of sp³-hybridized carbons (Fsp3) is 0.526. The number of amides is 3. The van der Waals surface area contributed by atoms with Gasteiger partial charge in [0.2, 0.25) is 17.7 Å². The number of imide groups is 1. The fourth-order valence-electron chi connectivity index (χ4n) is 3.50. The molecule has 3 rings (SSSR count). The van der Waals surface area contributed by atoms with Crippen LogP contribution in [0.5, 0.6) is 0 Å². The van der Waals surface area contributed by atoms with E-state index in [0.29, 0.717) is 18.0 Å². The highest BCUT2D eigenvalue weighted by Crippen LogP contribution is 2.31. The van der Waals surface area contributed by atoms with Crippen molar-refractivity contribution in [1.82, 2.24) is 4.90 Å². The van der Waals surface area contributed by atoms with Crippen molar-refractivity contribution < 1.29 is 14.4 Å². The lowest BCUT2D eigenvalue weighted by molar-refractivity contribution is -0.138. The van der Waals surface area contributed by atoms with Gasteiger partial charge in [0.15, 0.2) is 0 Å². The number of halogens is 1. The highest BCUT2D eigenvalue weighted by molar-refractivity contribution is 6.31. The van der Waals surface area contributed by atoms with Crippen LogP contribution in [-0.4, -0.2) is 42.3 Å². The molecule has 0 atom stereocenters. The molecule has 0 aromatic heterocycles. The molecule has 2 aliphatic rings. The lowest BCUT2D eigenvalue weighted by atomic mass is 10.1. The molecule has 0 saturated carbocycles. The third-order valence-electron chi connectivity index (χ3n) is 4.87. The summed E-state index contributed by atoms with van der Waals surface area (Å²) in [4.78, 5) is 39.1. The van der Waals surface area contributed by atoms with Crippen LogP contribution in [0.1, 0.15) is 44.9 Å². The topological polar surface area (TPSA) is 69.7 Å². The van der Waals surface area contributed by atoms with Gasteiger partial charge in [0, 0.05) is 43.9 Å². The largest absolute Gasteiger partial charge is 0.370 e. The van der Waals surface area contributed by atoms with Crippen LogP contribution in [0.15, 0.2) is 18.2 Å². The Kier molecular flexibility index (Phi) is 6.14. The van der Waals surface area contributed by atoms with Gasteiger partial charge in [0.25, 0.3) is 0 Å². The van der Waals surface area contributed by atoms with E-state index in [1.165, 1.54) is 11.3 Å². The Balaban J connectivity index is 1.57. The number of hydrogen-bond acceptors (Lipinski definition) is 4. The van der Waals surface area contributed by atoms with Gasteiger partial charge in [-0.05, 0) is 43.9 Å². The minimum atomic E-state index is -0.141. The summed E-state index contributed by atoms with van der Waals surface area (Å²) in [7, 11) is 0. The van der Waals surface area contributed by atoms with Gasteiger partial charge in [0.05, 0.1) is 11.4 Å². The lowest BCUT2D eigenvalue weighted by Gasteiger charge is -2.30. The van der Waals surface area contributed by atoms with Gasteiger partial charge < -0.3 is 10.2 Å². The number of carbonyl (C=O) groups is 3. The molecule has 1 aromatic carbocycles. The molecule has 2 heterocycles. The van der Waals surface area contributed by atoms with E-state index in [1.807, 2.05) is 12.1 Å². The van der Waals surface area contributed by atoms with Crippen LogP contribution in [0.3, 0.4) is 0 Å². The summed E-state index contributed by atoms with van der Waals surface area (Å²) in [5, 5.41) is 3.52. The smallest absolute Gasteiger partial charge is 0.229 e. The summed E-state index contributed by atoms with van der Waals surface area (Å²) in [6, 6.07) is 5.56. The Hall–Kier alpha value is -2.08. The molecule has 0 radical (unpaired) electrons. The van der Waals surface area contributed by atoms with Crippen LogP contribution >= 0.6 is 11.6 Å². The van der Waals surface area contributed by atoms with Gasteiger partial charge in [-0.25, -0.2) is 0 Å². The molecular formula is C19H24ClN3O3. The van der Waals surface area contributed by atoms with E-state index in [4.69, 9.17) is 11.6 Å². The van der Waals surface area contributed by atoms with Crippen molar-refractivity contribution in [2.24, 2.45) is 0 Å². The molecule has 2 saturated heterocycles. The summed E-state index contributed by atoms with van der Waals surface area (Å²) in [5.74, 6) is -0.417. The molecule has 3 amide bonds. The Bertz CT molecular complexity index is 685. The number of hydrogen-bond donors (Lipinski definition) is 1. The van der Waals surface area contributed by atoms with Crippen molar-refractivity contribution in [2.45, 2.75) is 44.9 Å². The third-order valence-corrected chi connectivity index (χ3v) is 5.10. The maximum Gasteiger partial charge on any atom is 0.229 e. The van der Waals surface area contributed by atoms with Gasteiger partial charge >= 0.3 is 0 Å². The van der Waals surface area contributed by atoms with Gasteiger partial charge in [-0.3, -0.25) is 19.3 Å². The fourth-order valence-corrected chi connectivity index (χ4v) is 3.67. The van der Waals surface area contributed by atoms with Crippen molar-refractivity contribution in [3.8, 4) is 0 Å². The quantitative estimate of drug-likeness (QED) is 0.773. The standard InChI is InChI=1S/C19H24ClN3O3/c20-14-6-7-16(22-10-2-1-3-11-22)15(13-14)21-17(24)5-4-12-23-18(25)8-9-19(23)26/h6-7,13H,1-5,8-12H2,(H,21,24). The summed E-state index contributed by atoms with van der Waals surface area (Å²) >= 11 is 6.11. The van der Waals surface area contributed by atoms with E-state index in [2.05, 4.69) is 10.2 Å². The average molecular weight is 378 g/mol. The third kappa shape index (κ3) is 4.55. The number of nitrogens with one attached hydrogen (secondary N) is 1. The Morgan fingerprint density at radius 1 is 1.08 bits per heavy atom. The number of piperidine rings is 1. The highest BCUT2D eigenvalue weighted by Gasteiger charge is 2.28. The van der Waals surface area contributed by atoms with Crippen molar-refractivity contribution in [3.05, 3.63) is 23.2 Å². The number of rotatable bonds is 6. The lowest BCUT2D eigenvalue weighted by Crippen LogP contribution is -2.31. The van der Waals surface area contributed by atoms with Crippen LogP contribution in [0.4, 0.5) is 11.4 Å². The van der Waals surface area contributed by atoms with Crippen molar-refractivity contribution in [3.63, 3.8) is 0 Å². The Morgan fingerprint density at radius 3 is 2.46 bits per heavy atom. The zero-order valence-electron chi connectivity index (χ0n) is 14.8. The predicted octanol–water partition coefficient (Wildman–Crippen LogP) is 3.20. The molecule has 7 heteroatoms. The number of benzene rings is 1. The van der Waals surface area contributed by atoms with Gasteiger partial charge in [-0.15, -0.1) is 0 Å².